The summed E-state index contributed by atoms with van der Waals surface area (Å²) < 4.78 is 13.1. The smallest absolute Gasteiger partial charge is 0.134 e. The molecule has 4 heteroatoms. The topological polar surface area (TPSA) is 42.2 Å². The number of benzene rings is 1. The lowest BCUT2D eigenvalue weighted by Gasteiger charge is -2.19. The number of hydrogen-bond donors (Lipinski definition) is 1. The van der Waals surface area contributed by atoms with Crippen molar-refractivity contribution in [2.24, 2.45) is 0 Å². The lowest BCUT2D eigenvalue weighted by atomic mass is 10.2. The molecule has 0 aliphatic carbocycles. The minimum absolute atomic E-state index is 0.269. The van der Waals surface area contributed by atoms with Crippen molar-refractivity contribution in [3.05, 3.63) is 47.9 Å². The van der Waals surface area contributed by atoms with Gasteiger partial charge >= 0.3 is 0 Å². The van der Waals surface area contributed by atoms with Crippen LogP contribution in [-0.4, -0.2) is 12.0 Å². The molecule has 0 amide bonds. The van der Waals surface area contributed by atoms with Crippen molar-refractivity contribution >= 4 is 17.2 Å². The molecule has 0 saturated carbocycles. The summed E-state index contributed by atoms with van der Waals surface area (Å²) in [5.41, 5.74) is 8.17. The van der Waals surface area contributed by atoms with Crippen molar-refractivity contribution in [2.75, 3.05) is 17.7 Å². The number of hydrogen-bond acceptors (Lipinski definition) is 3. The summed E-state index contributed by atoms with van der Waals surface area (Å²) in [6.07, 6.45) is 1.71. The fourth-order valence-corrected chi connectivity index (χ4v) is 1.53. The van der Waals surface area contributed by atoms with Gasteiger partial charge in [-0.2, -0.15) is 0 Å². The second kappa shape index (κ2) is 4.41. The van der Waals surface area contributed by atoms with Crippen LogP contribution in [0, 0.1) is 12.7 Å². The second-order valence-corrected chi connectivity index (χ2v) is 3.94. The van der Waals surface area contributed by atoms with Crippen LogP contribution in [0.15, 0.2) is 36.5 Å². The number of nitrogens with zero attached hydrogens (tertiary/aromatic N) is 2. The number of pyridine rings is 1. The molecule has 0 bridgehead atoms. The lowest BCUT2D eigenvalue weighted by molar-refractivity contribution is 0.628. The molecule has 0 radical (unpaired) electrons. The number of nitrogens with two attached hydrogens (primary N) is 1. The summed E-state index contributed by atoms with van der Waals surface area (Å²) >= 11 is 0. The van der Waals surface area contributed by atoms with Gasteiger partial charge in [-0.3, -0.25) is 0 Å². The predicted molar refractivity (Wildman–Crippen MR) is 67.8 cm³/mol. The van der Waals surface area contributed by atoms with E-state index in [4.69, 9.17) is 5.73 Å². The number of halogens is 1. The molecular weight excluding hydrogens is 217 g/mol. The van der Waals surface area contributed by atoms with E-state index in [2.05, 4.69) is 4.98 Å². The highest BCUT2D eigenvalue weighted by Crippen LogP contribution is 2.24. The van der Waals surface area contributed by atoms with Crippen LogP contribution >= 0.6 is 0 Å². The first-order valence-corrected chi connectivity index (χ1v) is 5.29. The zero-order chi connectivity index (χ0) is 12.4. The fraction of sp³-hybridized carbons (Fsp3) is 0.154. The standard InChI is InChI=1S/C13H14FN3/c1-9-8-16-13(7-12(9)15)17(2)11-5-3-4-10(14)6-11/h3-8H,1-2H3,(H2,15,16). The van der Waals surface area contributed by atoms with Gasteiger partial charge in [0.1, 0.15) is 11.6 Å². The molecule has 0 aliphatic rings. The van der Waals surface area contributed by atoms with E-state index in [9.17, 15) is 4.39 Å². The van der Waals surface area contributed by atoms with Gasteiger partial charge in [-0.25, -0.2) is 9.37 Å². The van der Waals surface area contributed by atoms with E-state index in [1.165, 1.54) is 12.1 Å². The van der Waals surface area contributed by atoms with Crippen LogP contribution in [0.1, 0.15) is 5.56 Å². The molecule has 3 nitrogen and oxygen atoms in total. The Balaban J connectivity index is 2.36. The van der Waals surface area contributed by atoms with Crippen LogP contribution in [0.3, 0.4) is 0 Å². The van der Waals surface area contributed by atoms with Crippen LogP contribution < -0.4 is 10.6 Å². The average Bonchev–Trinajstić information content (AvgIpc) is 2.32. The number of aromatic nitrogens is 1. The van der Waals surface area contributed by atoms with Crippen molar-refractivity contribution in [3.63, 3.8) is 0 Å². The van der Waals surface area contributed by atoms with Gasteiger partial charge in [-0.05, 0) is 30.7 Å². The lowest BCUT2D eigenvalue weighted by Crippen LogP contribution is -2.12. The molecule has 2 N–H and O–H groups in total. The van der Waals surface area contributed by atoms with Crippen molar-refractivity contribution < 1.29 is 4.39 Å². The monoisotopic (exact) mass is 231 g/mol. The molecule has 0 atom stereocenters. The predicted octanol–water partition coefficient (Wildman–Crippen LogP) is 2.88. The van der Waals surface area contributed by atoms with Crippen LogP contribution in [-0.2, 0) is 0 Å². The first-order chi connectivity index (χ1) is 8.08. The van der Waals surface area contributed by atoms with Crippen molar-refractivity contribution in [3.8, 4) is 0 Å². The van der Waals surface area contributed by atoms with Gasteiger partial charge in [-0.1, -0.05) is 6.07 Å². The largest absolute Gasteiger partial charge is 0.398 e. The molecule has 0 unspecified atom stereocenters. The Hall–Kier alpha value is -2.10. The van der Waals surface area contributed by atoms with E-state index in [0.29, 0.717) is 11.5 Å². The summed E-state index contributed by atoms with van der Waals surface area (Å²) in [4.78, 5) is 6.06. The zero-order valence-electron chi connectivity index (χ0n) is 9.81. The number of rotatable bonds is 2. The summed E-state index contributed by atoms with van der Waals surface area (Å²) in [5.74, 6) is 0.424. The maximum absolute atomic E-state index is 13.1. The molecule has 0 fully saturated rings. The minimum Gasteiger partial charge on any atom is -0.398 e. The van der Waals surface area contributed by atoms with Crippen molar-refractivity contribution in [1.29, 1.82) is 0 Å². The van der Waals surface area contributed by atoms with Gasteiger partial charge in [0.05, 0.1) is 0 Å². The Kier molecular flexibility index (Phi) is 2.95. The van der Waals surface area contributed by atoms with Gasteiger partial charge in [0.25, 0.3) is 0 Å². The van der Waals surface area contributed by atoms with E-state index in [1.807, 2.05) is 20.0 Å². The van der Waals surface area contributed by atoms with Gasteiger partial charge in [-0.15, -0.1) is 0 Å². The molecule has 2 rings (SSSR count). The molecule has 1 aromatic carbocycles. The molecule has 2 aromatic rings. The molecule has 0 aliphatic heterocycles. The normalized spacial score (nSPS) is 10.3. The summed E-state index contributed by atoms with van der Waals surface area (Å²) in [6, 6.07) is 8.13. The first-order valence-electron chi connectivity index (χ1n) is 5.29. The quantitative estimate of drug-likeness (QED) is 0.864. The molecular formula is C13H14FN3. The van der Waals surface area contributed by atoms with Gasteiger partial charge in [0.15, 0.2) is 0 Å². The Labute approximate surface area is 99.7 Å². The van der Waals surface area contributed by atoms with E-state index < -0.39 is 0 Å². The Morgan fingerprint density at radius 3 is 2.71 bits per heavy atom. The highest BCUT2D eigenvalue weighted by atomic mass is 19.1. The van der Waals surface area contributed by atoms with Crippen molar-refractivity contribution in [2.45, 2.75) is 6.92 Å². The fourth-order valence-electron chi connectivity index (χ4n) is 1.53. The second-order valence-electron chi connectivity index (χ2n) is 3.94. The van der Waals surface area contributed by atoms with E-state index >= 15 is 0 Å². The Morgan fingerprint density at radius 1 is 1.29 bits per heavy atom. The van der Waals surface area contributed by atoms with Gasteiger partial charge in [0.2, 0.25) is 0 Å². The SMILES string of the molecule is Cc1cnc(N(C)c2cccc(F)c2)cc1N. The van der Waals surface area contributed by atoms with Gasteiger partial charge in [0, 0.05) is 30.7 Å². The highest BCUT2D eigenvalue weighted by molar-refractivity contribution is 5.63. The Morgan fingerprint density at radius 2 is 2.06 bits per heavy atom. The maximum atomic E-state index is 13.1. The molecule has 1 aromatic heterocycles. The van der Waals surface area contributed by atoms with E-state index in [-0.39, 0.29) is 5.82 Å². The van der Waals surface area contributed by atoms with Crippen LogP contribution in [0.4, 0.5) is 21.6 Å². The zero-order valence-corrected chi connectivity index (χ0v) is 9.81. The maximum Gasteiger partial charge on any atom is 0.134 e. The van der Waals surface area contributed by atoms with Crippen LogP contribution in [0.25, 0.3) is 0 Å². The molecule has 0 saturated heterocycles. The highest BCUT2D eigenvalue weighted by Gasteiger charge is 2.07. The number of anilines is 3. The van der Waals surface area contributed by atoms with Crippen molar-refractivity contribution in [1.82, 2.24) is 4.98 Å². The average molecular weight is 231 g/mol. The third kappa shape index (κ3) is 2.36. The summed E-state index contributed by atoms with van der Waals surface area (Å²) in [5, 5.41) is 0. The number of aryl methyl sites for hydroxylation is 1. The molecule has 17 heavy (non-hydrogen) atoms. The Bertz CT molecular complexity index is 540. The van der Waals surface area contributed by atoms with E-state index in [0.717, 1.165) is 11.3 Å². The first kappa shape index (κ1) is 11.4. The third-order valence-electron chi connectivity index (χ3n) is 2.67. The molecule has 1 heterocycles. The third-order valence-corrected chi connectivity index (χ3v) is 2.67. The minimum atomic E-state index is -0.269. The number of nitrogen functional groups attached to an aromatic ring is 1. The summed E-state index contributed by atoms with van der Waals surface area (Å²) in [7, 11) is 1.83. The van der Waals surface area contributed by atoms with Gasteiger partial charge < -0.3 is 10.6 Å². The molecule has 88 valence electrons. The van der Waals surface area contributed by atoms with Crippen LogP contribution in [0.2, 0.25) is 0 Å². The summed E-state index contributed by atoms with van der Waals surface area (Å²) in [6.45, 7) is 1.90. The molecule has 0 spiro atoms. The van der Waals surface area contributed by atoms with Crippen LogP contribution in [0.5, 0.6) is 0 Å². The van der Waals surface area contributed by atoms with E-state index in [1.54, 1.807) is 23.2 Å².